The third-order valence-electron chi connectivity index (χ3n) is 4.61. The van der Waals surface area contributed by atoms with E-state index >= 15 is 0 Å². The zero-order chi connectivity index (χ0) is 17.9. The summed E-state index contributed by atoms with van der Waals surface area (Å²) in [5.74, 6) is -0.854. The van der Waals surface area contributed by atoms with E-state index in [1.54, 1.807) is 18.7 Å². The van der Waals surface area contributed by atoms with Crippen LogP contribution in [-0.2, 0) is 0 Å². The first kappa shape index (κ1) is 18.8. The molecule has 24 heavy (non-hydrogen) atoms. The van der Waals surface area contributed by atoms with E-state index in [2.05, 4.69) is 16.8 Å². The summed E-state index contributed by atoms with van der Waals surface area (Å²) in [5.41, 5.74) is -0.705. The lowest BCUT2D eigenvalue weighted by Gasteiger charge is -2.47. The lowest BCUT2D eigenvalue weighted by molar-refractivity contribution is -0.0238. The van der Waals surface area contributed by atoms with Crippen LogP contribution < -0.4 is 0 Å². The third kappa shape index (κ3) is 4.30. The Balaban J connectivity index is 2.22. The molecule has 0 saturated carbocycles. The minimum Gasteiger partial charge on any atom is -0.389 e. The molecular formula is C18H28FN3O2. The van der Waals surface area contributed by atoms with Crippen LogP contribution in [0.2, 0.25) is 0 Å². The Kier molecular flexibility index (Phi) is 5.93. The van der Waals surface area contributed by atoms with Gasteiger partial charge in [0.15, 0.2) is 5.82 Å². The highest BCUT2D eigenvalue weighted by Crippen LogP contribution is 2.24. The van der Waals surface area contributed by atoms with Gasteiger partial charge in [0.25, 0.3) is 5.91 Å². The Morgan fingerprint density at radius 1 is 1.33 bits per heavy atom. The number of aromatic nitrogens is 1. The summed E-state index contributed by atoms with van der Waals surface area (Å²) in [6, 6.07) is 1.61. The lowest BCUT2D eigenvalue weighted by Crippen LogP contribution is -2.61. The minimum atomic E-state index is -0.783. The smallest absolute Gasteiger partial charge is 0.257 e. The quantitative estimate of drug-likeness (QED) is 0.896. The lowest BCUT2D eigenvalue weighted by atomic mass is 9.98. The first-order valence-corrected chi connectivity index (χ1v) is 8.63. The number of rotatable bonds is 5. The van der Waals surface area contributed by atoms with Crippen LogP contribution in [0, 0.1) is 5.82 Å². The van der Waals surface area contributed by atoms with Crippen LogP contribution in [0.3, 0.4) is 0 Å². The molecule has 134 valence electrons. The molecule has 0 unspecified atom stereocenters. The second-order valence-electron chi connectivity index (χ2n) is 7.18. The summed E-state index contributed by atoms with van der Waals surface area (Å²) in [6.07, 6.45) is 4.18. The molecule has 1 N–H and O–H groups in total. The molecule has 0 aliphatic carbocycles. The van der Waals surface area contributed by atoms with Gasteiger partial charge < -0.3 is 10.0 Å². The number of nitrogens with zero attached hydrogens (tertiary/aromatic N) is 3. The molecule has 6 heteroatoms. The van der Waals surface area contributed by atoms with Crippen LogP contribution in [0.4, 0.5) is 4.39 Å². The second-order valence-corrected chi connectivity index (χ2v) is 7.18. The van der Waals surface area contributed by atoms with E-state index in [-0.39, 0.29) is 23.6 Å². The number of hydrogen-bond acceptors (Lipinski definition) is 4. The zero-order valence-corrected chi connectivity index (χ0v) is 15.0. The average Bonchev–Trinajstić information content (AvgIpc) is 2.52. The Morgan fingerprint density at radius 3 is 2.54 bits per heavy atom. The van der Waals surface area contributed by atoms with E-state index in [1.165, 1.54) is 12.3 Å². The molecule has 2 heterocycles. The zero-order valence-electron chi connectivity index (χ0n) is 15.0. The Labute approximate surface area is 143 Å². The first-order valence-electron chi connectivity index (χ1n) is 8.63. The van der Waals surface area contributed by atoms with Crippen molar-refractivity contribution in [2.45, 2.75) is 58.2 Å². The van der Waals surface area contributed by atoms with Gasteiger partial charge in [0.1, 0.15) is 0 Å². The van der Waals surface area contributed by atoms with E-state index in [0.29, 0.717) is 19.6 Å². The van der Waals surface area contributed by atoms with Crippen molar-refractivity contribution in [2.75, 3.05) is 19.6 Å². The predicted octanol–water partition coefficient (Wildman–Crippen LogP) is 2.31. The highest BCUT2D eigenvalue weighted by molar-refractivity contribution is 5.94. The van der Waals surface area contributed by atoms with Crippen LogP contribution in [0.1, 0.15) is 50.9 Å². The maximum Gasteiger partial charge on any atom is 0.257 e. The maximum atomic E-state index is 14.0. The van der Waals surface area contributed by atoms with Crippen LogP contribution >= 0.6 is 0 Å². The van der Waals surface area contributed by atoms with Crippen LogP contribution in [0.5, 0.6) is 0 Å². The van der Waals surface area contributed by atoms with Crippen molar-refractivity contribution in [1.82, 2.24) is 14.8 Å². The molecule has 1 aromatic heterocycles. The van der Waals surface area contributed by atoms with Gasteiger partial charge in [0.2, 0.25) is 0 Å². The fraction of sp³-hybridized carbons (Fsp3) is 0.667. The molecule has 1 aromatic rings. The summed E-state index contributed by atoms with van der Waals surface area (Å²) in [7, 11) is 0. The highest BCUT2D eigenvalue weighted by Gasteiger charge is 2.37. The van der Waals surface area contributed by atoms with Gasteiger partial charge >= 0.3 is 0 Å². The molecular weight excluding hydrogens is 309 g/mol. The summed E-state index contributed by atoms with van der Waals surface area (Å²) in [4.78, 5) is 20.6. The van der Waals surface area contributed by atoms with E-state index in [1.807, 2.05) is 6.92 Å². The molecule has 0 spiro atoms. The number of aliphatic hydroxyl groups is 1. The van der Waals surface area contributed by atoms with Crippen molar-refractivity contribution in [3.63, 3.8) is 0 Å². The molecule has 1 amide bonds. The van der Waals surface area contributed by atoms with Crippen LogP contribution in [-0.4, -0.2) is 63.1 Å². The second kappa shape index (κ2) is 7.57. The van der Waals surface area contributed by atoms with Gasteiger partial charge in [-0.25, -0.2) is 4.39 Å². The topological polar surface area (TPSA) is 56.7 Å². The standard InChI is InChI=1S/C18H28FN3O2/c1-5-13-11-22(17(23)15-7-8-20-9-16(15)19)14(6-2)10-21(13)12-18(3,4)24/h7-9,13-14,24H,5-6,10-12H2,1-4H3/t13-,14+/m0/s1. The molecule has 1 fully saturated rings. The highest BCUT2D eigenvalue weighted by atomic mass is 19.1. The number of amides is 1. The van der Waals surface area contributed by atoms with Crippen LogP contribution in [0.15, 0.2) is 18.5 Å². The van der Waals surface area contributed by atoms with Crippen molar-refractivity contribution < 1.29 is 14.3 Å². The van der Waals surface area contributed by atoms with Gasteiger partial charge in [0.05, 0.1) is 17.4 Å². The van der Waals surface area contributed by atoms with Crippen molar-refractivity contribution in [2.24, 2.45) is 0 Å². The molecule has 0 radical (unpaired) electrons. The Morgan fingerprint density at radius 2 is 2.00 bits per heavy atom. The van der Waals surface area contributed by atoms with E-state index in [9.17, 15) is 14.3 Å². The van der Waals surface area contributed by atoms with Gasteiger partial charge in [-0.1, -0.05) is 13.8 Å². The fourth-order valence-electron chi connectivity index (χ4n) is 3.39. The first-order chi connectivity index (χ1) is 11.3. The number of carbonyl (C=O) groups excluding carboxylic acids is 1. The Bertz CT molecular complexity index is 574. The van der Waals surface area contributed by atoms with E-state index < -0.39 is 11.4 Å². The van der Waals surface area contributed by atoms with Gasteiger partial charge in [-0.2, -0.15) is 0 Å². The molecule has 0 aromatic carbocycles. The molecule has 1 aliphatic rings. The van der Waals surface area contributed by atoms with Crippen molar-refractivity contribution in [3.8, 4) is 0 Å². The predicted molar refractivity (Wildman–Crippen MR) is 91.3 cm³/mol. The minimum absolute atomic E-state index is 0.00946. The van der Waals surface area contributed by atoms with Crippen LogP contribution in [0.25, 0.3) is 0 Å². The summed E-state index contributed by atoms with van der Waals surface area (Å²) < 4.78 is 14.0. The SMILES string of the molecule is CC[C@H]1CN(C(=O)c2ccncc2F)[C@H](CC)CN1CC(C)(C)O. The number of hydrogen-bond donors (Lipinski definition) is 1. The monoisotopic (exact) mass is 337 g/mol. The maximum absolute atomic E-state index is 14.0. The van der Waals surface area contributed by atoms with Gasteiger partial charge in [0, 0.05) is 37.9 Å². The molecule has 5 nitrogen and oxygen atoms in total. The number of β-amino-alcohol motifs (C(OH)–C–C–N with tert-alkyl or cyclic N) is 1. The molecule has 1 aliphatic heterocycles. The van der Waals surface area contributed by atoms with Crippen molar-refractivity contribution >= 4 is 5.91 Å². The van der Waals surface area contributed by atoms with E-state index in [0.717, 1.165) is 19.0 Å². The number of piperazine rings is 1. The van der Waals surface area contributed by atoms with Gasteiger partial charge in [-0.05, 0) is 32.8 Å². The number of carbonyl (C=O) groups is 1. The van der Waals surface area contributed by atoms with E-state index in [4.69, 9.17) is 0 Å². The molecule has 2 rings (SSSR count). The summed E-state index contributed by atoms with van der Waals surface area (Å²) >= 11 is 0. The number of halogens is 1. The normalized spacial score (nSPS) is 22.7. The molecule has 1 saturated heterocycles. The largest absolute Gasteiger partial charge is 0.389 e. The molecule has 2 atom stereocenters. The molecule has 0 bridgehead atoms. The average molecular weight is 337 g/mol. The van der Waals surface area contributed by atoms with Gasteiger partial charge in [-0.3, -0.25) is 14.7 Å². The van der Waals surface area contributed by atoms with Gasteiger partial charge in [-0.15, -0.1) is 0 Å². The Hall–Kier alpha value is -1.53. The van der Waals surface area contributed by atoms with Crippen molar-refractivity contribution in [1.29, 1.82) is 0 Å². The summed E-state index contributed by atoms with van der Waals surface area (Å²) in [6.45, 7) is 9.50. The summed E-state index contributed by atoms with van der Waals surface area (Å²) in [5, 5.41) is 10.2. The van der Waals surface area contributed by atoms with Crippen molar-refractivity contribution in [3.05, 3.63) is 29.8 Å². The third-order valence-corrected chi connectivity index (χ3v) is 4.61. The number of pyridine rings is 1. The fourth-order valence-corrected chi connectivity index (χ4v) is 3.39.